The van der Waals surface area contributed by atoms with Crippen molar-refractivity contribution in [2.75, 3.05) is 6.54 Å². The molecule has 2 N–H and O–H groups in total. The van der Waals surface area contributed by atoms with Crippen LogP contribution in [0.5, 0.6) is 0 Å². The van der Waals surface area contributed by atoms with Crippen LogP contribution in [0.1, 0.15) is 30.7 Å². The Bertz CT molecular complexity index is 310. The lowest BCUT2D eigenvalue weighted by atomic mass is 9.95. The maximum absolute atomic E-state index is 5.89. The highest BCUT2D eigenvalue weighted by atomic mass is 35.5. The Morgan fingerprint density at radius 2 is 2.29 bits per heavy atom. The predicted molar refractivity (Wildman–Crippen MR) is 58.4 cm³/mol. The lowest BCUT2D eigenvalue weighted by molar-refractivity contribution is 0.583. The van der Waals surface area contributed by atoms with Gasteiger partial charge in [0.2, 0.25) is 0 Å². The summed E-state index contributed by atoms with van der Waals surface area (Å²) in [5, 5.41) is 0.705. The minimum atomic E-state index is 0.439. The number of rotatable bonds is 4. The Balaban J connectivity index is 2.08. The van der Waals surface area contributed by atoms with Crippen molar-refractivity contribution in [3.63, 3.8) is 0 Å². The van der Waals surface area contributed by atoms with E-state index in [1.165, 1.54) is 24.8 Å². The standard InChI is InChI=1S/C11H15ClN2/c12-11-4-10(6-14-7-11)9(5-13)3-8-1-2-8/h4,6-9H,1-3,5,13H2/t9-/m0/s1. The van der Waals surface area contributed by atoms with E-state index in [1.807, 2.05) is 12.3 Å². The molecule has 2 nitrogen and oxygen atoms in total. The molecular weight excluding hydrogens is 196 g/mol. The van der Waals surface area contributed by atoms with Crippen LogP contribution < -0.4 is 5.73 Å². The summed E-state index contributed by atoms with van der Waals surface area (Å²) in [6.07, 6.45) is 7.47. The number of hydrogen-bond acceptors (Lipinski definition) is 2. The van der Waals surface area contributed by atoms with Gasteiger partial charge in [-0.25, -0.2) is 0 Å². The van der Waals surface area contributed by atoms with E-state index in [0.29, 0.717) is 17.5 Å². The Hall–Kier alpha value is -0.600. The van der Waals surface area contributed by atoms with Crippen LogP contribution >= 0.6 is 11.6 Å². The van der Waals surface area contributed by atoms with Crippen molar-refractivity contribution < 1.29 is 0 Å². The molecule has 1 aromatic heterocycles. The van der Waals surface area contributed by atoms with E-state index in [1.54, 1.807) is 6.20 Å². The zero-order valence-corrected chi connectivity index (χ0v) is 8.87. The molecule has 76 valence electrons. The van der Waals surface area contributed by atoms with E-state index in [0.717, 1.165) is 5.92 Å². The molecule has 0 spiro atoms. The third-order valence-corrected chi connectivity index (χ3v) is 3.00. The molecule has 1 saturated carbocycles. The summed E-state index contributed by atoms with van der Waals surface area (Å²) in [7, 11) is 0. The van der Waals surface area contributed by atoms with Gasteiger partial charge >= 0.3 is 0 Å². The van der Waals surface area contributed by atoms with E-state index >= 15 is 0 Å². The molecule has 1 atom stereocenters. The molecule has 0 aromatic carbocycles. The van der Waals surface area contributed by atoms with Crippen LogP contribution in [-0.2, 0) is 0 Å². The van der Waals surface area contributed by atoms with Gasteiger partial charge in [0, 0.05) is 12.4 Å². The molecule has 1 fully saturated rings. The summed E-state index contributed by atoms with van der Waals surface area (Å²) < 4.78 is 0. The van der Waals surface area contributed by atoms with Crippen molar-refractivity contribution in [3.05, 3.63) is 29.0 Å². The van der Waals surface area contributed by atoms with Gasteiger partial charge in [0.05, 0.1) is 5.02 Å². The van der Waals surface area contributed by atoms with Crippen LogP contribution in [0.4, 0.5) is 0 Å². The highest BCUT2D eigenvalue weighted by Crippen LogP contribution is 2.38. The first-order valence-corrected chi connectivity index (χ1v) is 5.48. The maximum Gasteiger partial charge on any atom is 0.0592 e. The number of nitrogens with zero attached hydrogens (tertiary/aromatic N) is 1. The van der Waals surface area contributed by atoms with Crippen molar-refractivity contribution in [3.8, 4) is 0 Å². The van der Waals surface area contributed by atoms with Gasteiger partial charge in [0.15, 0.2) is 0 Å². The van der Waals surface area contributed by atoms with Crippen LogP contribution in [0.25, 0.3) is 0 Å². The van der Waals surface area contributed by atoms with Gasteiger partial charge in [-0.1, -0.05) is 24.4 Å². The third-order valence-electron chi connectivity index (χ3n) is 2.80. The highest BCUT2D eigenvalue weighted by Gasteiger charge is 2.25. The second-order valence-corrected chi connectivity index (χ2v) is 4.48. The van der Waals surface area contributed by atoms with E-state index in [-0.39, 0.29) is 0 Å². The molecular formula is C11H15ClN2. The van der Waals surface area contributed by atoms with Gasteiger partial charge in [0.1, 0.15) is 0 Å². The number of hydrogen-bond donors (Lipinski definition) is 1. The lowest BCUT2D eigenvalue weighted by Gasteiger charge is -2.14. The van der Waals surface area contributed by atoms with Crippen LogP contribution in [0.3, 0.4) is 0 Å². The fourth-order valence-electron chi connectivity index (χ4n) is 1.78. The lowest BCUT2D eigenvalue weighted by Crippen LogP contribution is -2.13. The smallest absolute Gasteiger partial charge is 0.0592 e. The first-order valence-electron chi connectivity index (χ1n) is 5.10. The van der Waals surface area contributed by atoms with E-state index < -0.39 is 0 Å². The van der Waals surface area contributed by atoms with Gasteiger partial charge in [0.25, 0.3) is 0 Å². The third kappa shape index (κ3) is 2.46. The van der Waals surface area contributed by atoms with Crippen LogP contribution in [0.15, 0.2) is 18.5 Å². The minimum Gasteiger partial charge on any atom is -0.330 e. The van der Waals surface area contributed by atoms with E-state index in [9.17, 15) is 0 Å². The molecule has 0 unspecified atom stereocenters. The van der Waals surface area contributed by atoms with Gasteiger partial charge in [-0.15, -0.1) is 0 Å². The molecule has 0 radical (unpaired) electrons. The molecule has 2 rings (SSSR count). The summed E-state index contributed by atoms with van der Waals surface area (Å²) in [5.41, 5.74) is 6.95. The highest BCUT2D eigenvalue weighted by molar-refractivity contribution is 6.30. The SMILES string of the molecule is NC[C@H](CC1CC1)c1cncc(Cl)c1. The summed E-state index contributed by atoms with van der Waals surface area (Å²) in [6.45, 7) is 0.693. The Morgan fingerprint density at radius 1 is 1.50 bits per heavy atom. The molecule has 0 saturated heterocycles. The van der Waals surface area contributed by atoms with Gasteiger partial charge in [-0.2, -0.15) is 0 Å². The summed E-state index contributed by atoms with van der Waals surface area (Å²) >= 11 is 5.89. The first-order chi connectivity index (χ1) is 6.79. The number of nitrogens with two attached hydrogens (primary N) is 1. The molecule has 1 heterocycles. The minimum absolute atomic E-state index is 0.439. The largest absolute Gasteiger partial charge is 0.330 e. The molecule has 3 heteroatoms. The van der Waals surface area contributed by atoms with Crippen molar-refractivity contribution in [2.24, 2.45) is 11.7 Å². The van der Waals surface area contributed by atoms with Crippen molar-refractivity contribution in [1.82, 2.24) is 4.98 Å². The topological polar surface area (TPSA) is 38.9 Å². The summed E-state index contributed by atoms with van der Waals surface area (Å²) in [5.74, 6) is 1.33. The second-order valence-electron chi connectivity index (χ2n) is 4.05. The Morgan fingerprint density at radius 3 is 2.86 bits per heavy atom. The van der Waals surface area contributed by atoms with E-state index in [4.69, 9.17) is 17.3 Å². The van der Waals surface area contributed by atoms with Gasteiger partial charge < -0.3 is 5.73 Å². The molecule has 1 aromatic rings. The predicted octanol–water partition coefficient (Wildman–Crippen LogP) is 2.58. The van der Waals surface area contributed by atoms with E-state index in [2.05, 4.69) is 4.98 Å². The van der Waals surface area contributed by atoms with Crippen molar-refractivity contribution >= 4 is 11.6 Å². The monoisotopic (exact) mass is 210 g/mol. The molecule has 0 aliphatic heterocycles. The summed E-state index contributed by atoms with van der Waals surface area (Å²) in [6, 6.07) is 1.98. The normalized spacial score (nSPS) is 18.1. The average molecular weight is 211 g/mol. The second kappa shape index (κ2) is 4.28. The van der Waals surface area contributed by atoms with Gasteiger partial charge in [-0.3, -0.25) is 4.98 Å². The maximum atomic E-state index is 5.89. The van der Waals surface area contributed by atoms with Gasteiger partial charge in [-0.05, 0) is 36.4 Å². The quantitative estimate of drug-likeness (QED) is 0.830. The zero-order chi connectivity index (χ0) is 9.97. The summed E-state index contributed by atoms with van der Waals surface area (Å²) in [4.78, 5) is 4.09. The van der Waals surface area contributed by atoms with Crippen LogP contribution in [0.2, 0.25) is 5.02 Å². The number of pyridine rings is 1. The molecule has 0 amide bonds. The Kier molecular flexibility index (Phi) is 3.04. The average Bonchev–Trinajstić information content (AvgIpc) is 2.98. The molecule has 0 bridgehead atoms. The fourth-order valence-corrected chi connectivity index (χ4v) is 1.96. The molecule has 1 aliphatic carbocycles. The molecule has 1 aliphatic rings. The Labute approximate surface area is 89.5 Å². The van der Waals surface area contributed by atoms with Crippen molar-refractivity contribution in [1.29, 1.82) is 0 Å². The van der Waals surface area contributed by atoms with Crippen LogP contribution in [-0.4, -0.2) is 11.5 Å². The van der Waals surface area contributed by atoms with Crippen LogP contribution in [0, 0.1) is 5.92 Å². The zero-order valence-electron chi connectivity index (χ0n) is 8.12. The first kappa shape index (κ1) is 9.94. The molecule has 14 heavy (non-hydrogen) atoms. The number of aromatic nitrogens is 1. The number of halogens is 1. The van der Waals surface area contributed by atoms with Crippen molar-refractivity contribution in [2.45, 2.75) is 25.2 Å². The fraction of sp³-hybridized carbons (Fsp3) is 0.545.